The Morgan fingerprint density at radius 2 is 1.83 bits per heavy atom. The lowest BCUT2D eigenvalue weighted by molar-refractivity contribution is -0.383. The van der Waals surface area contributed by atoms with Crippen molar-refractivity contribution in [1.29, 1.82) is 0 Å². The number of fused-ring (bicyclic) bond motifs is 1. The number of benzene rings is 1. The number of carbonyl (C=O) groups excluding carboxylic acids is 4. The Morgan fingerprint density at radius 1 is 1.20 bits per heavy atom. The van der Waals surface area contributed by atoms with E-state index in [0.29, 0.717) is 12.8 Å². The van der Waals surface area contributed by atoms with Crippen molar-refractivity contribution in [2.45, 2.75) is 32.1 Å². The summed E-state index contributed by atoms with van der Waals surface area (Å²) in [6, 6.07) is 3.73. The minimum Gasteiger partial charge on any atom is -0.456 e. The first-order chi connectivity index (χ1) is 14.3. The number of imide groups is 1. The van der Waals surface area contributed by atoms with Crippen LogP contribution in [0.2, 0.25) is 5.02 Å². The standard InChI is InChI=1S/C19H20ClN3O7/c20-11-5-6-14(15(9-11)23(28)29)21-16(24)10-30-17(25)7-8-22-18(26)12-3-1-2-4-13(12)19(22)27/h5-6,9,12-13H,1-4,7-8,10H2,(H,21,24). The molecule has 2 aliphatic rings. The highest BCUT2D eigenvalue weighted by molar-refractivity contribution is 6.31. The van der Waals surface area contributed by atoms with Gasteiger partial charge in [-0.3, -0.25) is 34.2 Å². The number of amides is 3. The Bertz CT molecular complexity index is 880. The van der Waals surface area contributed by atoms with Crippen LogP contribution < -0.4 is 5.32 Å². The van der Waals surface area contributed by atoms with Crippen molar-refractivity contribution in [3.05, 3.63) is 33.3 Å². The molecule has 2 unspecified atom stereocenters. The third-order valence-electron chi connectivity index (χ3n) is 5.27. The summed E-state index contributed by atoms with van der Waals surface area (Å²) in [6.45, 7) is -0.750. The van der Waals surface area contributed by atoms with E-state index in [9.17, 15) is 29.3 Å². The molecule has 1 saturated carbocycles. The van der Waals surface area contributed by atoms with Crippen molar-refractivity contribution in [3.8, 4) is 0 Å². The van der Waals surface area contributed by atoms with Gasteiger partial charge in [-0.05, 0) is 25.0 Å². The fraction of sp³-hybridized carbons (Fsp3) is 0.474. The van der Waals surface area contributed by atoms with Crippen molar-refractivity contribution < 1.29 is 28.8 Å². The Kier molecular flexibility index (Phi) is 6.66. The van der Waals surface area contributed by atoms with Crippen LogP contribution in [0.5, 0.6) is 0 Å². The van der Waals surface area contributed by atoms with Crippen molar-refractivity contribution in [2.75, 3.05) is 18.5 Å². The fourth-order valence-electron chi connectivity index (χ4n) is 3.82. The second-order valence-corrected chi connectivity index (χ2v) is 7.64. The molecule has 11 heteroatoms. The number of nitro benzene ring substituents is 1. The molecular weight excluding hydrogens is 418 g/mol. The molecular formula is C19H20ClN3O7. The Hall–Kier alpha value is -3.01. The van der Waals surface area contributed by atoms with E-state index in [2.05, 4.69) is 5.32 Å². The number of halogens is 1. The molecule has 3 rings (SSSR count). The van der Waals surface area contributed by atoms with Crippen molar-refractivity contribution in [1.82, 2.24) is 4.90 Å². The summed E-state index contributed by atoms with van der Waals surface area (Å²) in [5, 5.41) is 13.5. The average molecular weight is 438 g/mol. The third-order valence-corrected chi connectivity index (χ3v) is 5.50. The van der Waals surface area contributed by atoms with Gasteiger partial charge in [-0.25, -0.2) is 0 Å². The van der Waals surface area contributed by atoms with E-state index >= 15 is 0 Å². The maximum atomic E-state index is 12.4. The number of anilines is 1. The molecule has 1 heterocycles. The zero-order valence-corrected chi connectivity index (χ0v) is 16.7. The summed E-state index contributed by atoms with van der Waals surface area (Å²) in [6.07, 6.45) is 2.97. The smallest absolute Gasteiger partial charge is 0.308 e. The predicted octanol–water partition coefficient (Wildman–Crippen LogP) is 2.30. The minimum absolute atomic E-state index is 0.0821. The SMILES string of the molecule is O=C(COC(=O)CCN1C(=O)C2CCCCC2C1=O)Nc1ccc(Cl)cc1[N+](=O)[O-]. The first-order valence-electron chi connectivity index (χ1n) is 9.52. The molecule has 0 bridgehead atoms. The zero-order chi connectivity index (χ0) is 21.8. The Labute approximate surface area is 176 Å². The van der Waals surface area contributed by atoms with Crippen LogP contribution in [0, 0.1) is 22.0 Å². The highest BCUT2D eigenvalue weighted by Crippen LogP contribution is 2.38. The first-order valence-corrected chi connectivity index (χ1v) is 9.90. The summed E-state index contributed by atoms with van der Waals surface area (Å²) >= 11 is 5.71. The van der Waals surface area contributed by atoms with Crippen molar-refractivity contribution in [2.24, 2.45) is 11.8 Å². The van der Waals surface area contributed by atoms with Gasteiger partial charge in [-0.15, -0.1) is 0 Å². The zero-order valence-electron chi connectivity index (χ0n) is 16.0. The summed E-state index contributed by atoms with van der Waals surface area (Å²) < 4.78 is 4.85. The highest BCUT2D eigenvalue weighted by atomic mass is 35.5. The number of nitrogens with zero attached hydrogens (tertiary/aromatic N) is 2. The van der Waals surface area contributed by atoms with E-state index < -0.39 is 29.1 Å². The number of hydrogen-bond donors (Lipinski definition) is 1. The molecule has 3 amide bonds. The lowest BCUT2D eigenvalue weighted by Gasteiger charge is -2.19. The van der Waals surface area contributed by atoms with Crippen LogP contribution in [0.1, 0.15) is 32.1 Å². The van der Waals surface area contributed by atoms with Gasteiger partial charge in [0.15, 0.2) is 6.61 Å². The van der Waals surface area contributed by atoms with E-state index in [4.69, 9.17) is 16.3 Å². The van der Waals surface area contributed by atoms with Gasteiger partial charge in [0.05, 0.1) is 23.2 Å². The van der Waals surface area contributed by atoms with Crippen LogP contribution in [-0.4, -0.2) is 46.7 Å². The maximum Gasteiger partial charge on any atom is 0.308 e. The predicted molar refractivity (Wildman–Crippen MR) is 104 cm³/mol. The van der Waals surface area contributed by atoms with Gasteiger partial charge in [0.25, 0.3) is 11.6 Å². The molecule has 1 aromatic carbocycles. The fourth-order valence-corrected chi connectivity index (χ4v) is 3.99. The molecule has 1 aliphatic carbocycles. The topological polar surface area (TPSA) is 136 Å². The minimum atomic E-state index is -0.770. The largest absolute Gasteiger partial charge is 0.456 e. The number of nitro groups is 1. The van der Waals surface area contributed by atoms with Gasteiger partial charge in [0.2, 0.25) is 11.8 Å². The normalized spacial score (nSPS) is 20.6. The van der Waals surface area contributed by atoms with Gasteiger partial charge >= 0.3 is 5.97 Å². The van der Waals surface area contributed by atoms with Crippen LogP contribution in [0.15, 0.2) is 18.2 Å². The van der Waals surface area contributed by atoms with E-state index in [0.717, 1.165) is 23.8 Å². The van der Waals surface area contributed by atoms with E-state index in [1.807, 2.05) is 0 Å². The highest BCUT2D eigenvalue weighted by Gasteiger charge is 2.47. The monoisotopic (exact) mass is 437 g/mol. The molecule has 1 aromatic rings. The molecule has 2 fully saturated rings. The second-order valence-electron chi connectivity index (χ2n) is 7.20. The van der Waals surface area contributed by atoms with Crippen LogP contribution in [0.4, 0.5) is 11.4 Å². The molecule has 30 heavy (non-hydrogen) atoms. The molecule has 10 nitrogen and oxygen atoms in total. The maximum absolute atomic E-state index is 12.4. The van der Waals surface area contributed by atoms with Crippen molar-refractivity contribution in [3.63, 3.8) is 0 Å². The number of likely N-dealkylation sites (tertiary alicyclic amines) is 1. The third kappa shape index (κ3) is 4.76. The van der Waals surface area contributed by atoms with Crippen molar-refractivity contribution >= 4 is 46.7 Å². The van der Waals surface area contributed by atoms with Gasteiger partial charge in [-0.2, -0.15) is 0 Å². The Balaban J connectivity index is 1.47. The molecule has 0 spiro atoms. The molecule has 0 aromatic heterocycles. The van der Waals surface area contributed by atoms with Crippen LogP contribution in [0.25, 0.3) is 0 Å². The average Bonchev–Trinajstić information content (AvgIpc) is 2.96. The number of rotatable bonds is 7. The van der Waals surface area contributed by atoms with Gasteiger partial charge in [0.1, 0.15) is 5.69 Å². The second kappa shape index (κ2) is 9.21. The quantitative estimate of drug-likeness (QED) is 0.299. The molecule has 1 N–H and O–H groups in total. The van der Waals surface area contributed by atoms with Gasteiger partial charge in [-0.1, -0.05) is 24.4 Å². The van der Waals surface area contributed by atoms with Crippen LogP contribution in [-0.2, 0) is 23.9 Å². The van der Waals surface area contributed by atoms with E-state index in [1.54, 1.807) is 0 Å². The number of nitrogens with one attached hydrogen (secondary N) is 1. The summed E-state index contributed by atoms with van der Waals surface area (Å²) in [4.78, 5) is 60.1. The molecule has 160 valence electrons. The molecule has 0 radical (unpaired) electrons. The number of esters is 1. The first kappa shape index (κ1) is 21.7. The lowest BCUT2D eigenvalue weighted by Crippen LogP contribution is -2.33. The van der Waals surface area contributed by atoms with Gasteiger partial charge < -0.3 is 10.1 Å². The molecule has 1 saturated heterocycles. The van der Waals surface area contributed by atoms with Crippen LogP contribution in [0.3, 0.4) is 0 Å². The Morgan fingerprint density at radius 3 is 2.43 bits per heavy atom. The lowest BCUT2D eigenvalue weighted by atomic mass is 9.81. The molecule has 1 aliphatic heterocycles. The molecule has 2 atom stereocenters. The number of ether oxygens (including phenoxy) is 1. The summed E-state index contributed by atoms with van der Waals surface area (Å²) in [5.41, 5.74) is -0.476. The summed E-state index contributed by atoms with van der Waals surface area (Å²) in [7, 11) is 0. The van der Waals surface area contributed by atoms with E-state index in [-0.39, 0.29) is 47.3 Å². The van der Waals surface area contributed by atoms with Gasteiger partial charge in [0, 0.05) is 17.6 Å². The van der Waals surface area contributed by atoms with Crippen LogP contribution >= 0.6 is 11.6 Å². The summed E-state index contributed by atoms with van der Waals surface area (Å²) in [5.74, 6) is -2.60. The van der Waals surface area contributed by atoms with E-state index in [1.165, 1.54) is 12.1 Å². The number of carbonyl (C=O) groups is 4. The number of hydrogen-bond acceptors (Lipinski definition) is 7.